The number of benzene rings is 1. The molecule has 0 amide bonds. The van der Waals surface area contributed by atoms with Gasteiger partial charge in [0.25, 0.3) is 0 Å². The van der Waals surface area contributed by atoms with Gasteiger partial charge >= 0.3 is 5.97 Å². The Hall–Kier alpha value is -1.62. The van der Waals surface area contributed by atoms with Crippen LogP contribution >= 0.6 is 11.6 Å². The van der Waals surface area contributed by atoms with Crippen molar-refractivity contribution in [2.24, 2.45) is 0 Å². The second-order valence-corrected chi connectivity index (χ2v) is 3.72. The molecule has 0 unspecified atom stereocenters. The Morgan fingerprint density at radius 3 is 2.53 bits per heavy atom. The second-order valence-electron chi connectivity index (χ2n) is 3.31. The Morgan fingerprint density at radius 2 is 2.06 bits per heavy atom. The summed E-state index contributed by atoms with van der Waals surface area (Å²) in [5.41, 5.74) is 0.340. The van der Waals surface area contributed by atoms with Crippen LogP contribution in [0, 0.1) is 0 Å². The van der Waals surface area contributed by atoms with Crippen molar-refractivity contribution >= 4 is 17.6 Å². The molecule has 2 N–H and O–H groups in total. The molecular formula is C11H13ClO5. The fraction of sp³-hybridized carbons (Fsp3) is 0.364. The Balaban J connectivity index is 3.17. The normalized spacial score (nSPS) is 10.1. The first-order valence-electron chi connectivity index (χ1n) is 4.85. The number of hydrogen-bond donors (Lipinski definition) is 2. The number of carbonyl (C=O) groups is 1. The molecule has 1 rings (SSSR count). The molecule has 0 bridgehead atoms. The molecule has 0 saturated heterocycles. The van der Waals surface area contributed by atoms with E-state index in [9.17, 15) is 9.90 Å². The van der Waals surface area contributed by atoms with Crippen LogP contribution in [0.3, 0.4) is 0 Å². The molecule has 0 aliphatic heterocycles. The van der Waals surface area contributed by atoms with E-state index in [0.29, 0.717) is 11.3 Å². The number of methoxy groups -OCH3 is 2. The minimum atomic E-state index is -0.963. The van der Waals surface area contributed by atoms with Gasteiger partial charge in [0.2, 0.25) is 5.75 Å². The fourth-order valence-corrected chi connectivity index (χ4v) is 1.74. The standard InChI is InChI=1S/C11H13ClO5/c1-16-8-5-7(12)6(3-4-9(13)14)10(15)11(8)17-2/h5,15H,3-4H2,1-2H3,(H,13,14). The third-order valence-corrected chi connectivity index (χ3v) is 2.62. The van der Waals surface area contributed by atoms with Crippen molar-refractivity contribution < 1.29 is 24.5 Å². The summed E-state index contributed by atoms with van der Waals surface area (Å²) in [4.78, 5) is 10.5. The lowest BCUT2D eigenvalue weighted by Crippen LogP contribution is -2.00. The molecule has 0 aliphatic rings. The third-order valence-electron chi connectivity index (χ3n) is 2.28. The molecule has 94 valence electrons. The van der Waals surface area contributed by atoms with Crippen LogP contribution in [0.15, 0.2) is 6.07 Å². The number of ether oxygens (including phenoxy) is 2. The van der Waals surface area contributed by atoms with Gasteiger partial charge in [-0.05, 0) is 6.42 Å². The first kappa shape index (κ1) is 13.4. The van der Waals surface area contributed by atoms with Gasteiger partial charge in [0.15, 0.2) is 11.5 Å². The van der Waals surface area contributed by atoms with Gasteiger partial charge in [0.1, 0.15) is 0 Å². The number of carboxylic acids is 1. The van der Waals surface area contributed by atoms with Crippen molar-refractivity contribution in [1.82, 2.24) is 0 Å². The summed E-state index contributed by atoms with van der Waals surface area (Å²) in [6.45, 7) is 0. The number of phenols is 1. The maximum atomic E-state index is 10.5. The first-order valence-corrected chi connectivity index (χ1v) is 5.23. The van der Waals surface area contributed by atoms with Crippen LogP contribution in [-0.4, -0.2) is 30.4 Å². The topological polar surface area (TPSA) is 76.0 Å². The van der Waals surface area contributed by atoms with Crippen molar-refractivity contribution in [1.29, 1.82) is 0 Å². The highest BCUT2D eigenvalue weighted by Crippen LogP contribution is 2.43. The molecule has 17 heavy (non-hydrogen) atoms. The summed E-state index contributed by atoms with van der Waals surface area (Å²) in [5.74, 6) is -0.695. The van der Waals surface area contributed by atoms with Crippen LogP contribution in [-0.2, 0) is 11.2 Å². The number of hydrogen-bond acceptors (Lipinski definition) is 4. The minimum Gasteiger partial charge on any atom is -0.504 e. The number of rotatable bonds is 5. The highest BCUT2D eigenvalue weighted by Gasteiger charge is 2.18. The molecule has 0 aliphatic carbocycles. The number of aliphatic carboxylic acids is 1. The van der Waals surface area contributed by atoms with Crippen LogP contribution in [0.25, 0.3) is 0 Å². The van der Waals surface area contributed by atoms with Gasteiger partial charge in [-0.25, -0.2) is 0 Å². The zero-order valence-corrected chi connectivity index (χ0v) is 10.2. The van der Waals surface area contributed by atoms with E-state index >= 15 is 0 Å². The van der Waals surface area contributed by atoms with E-state index in [1.54, 1.807) is 0 Å². The average Bonchev–Trinajstić information content (AvgIpc) is 2.27. The Morgan fingerprint density at radius 1 is 1.41 bits per heavy atom. The zero-order chi connectivity index (χ0) is 13.0. The van der Waals surface area contributed by atoms with E-state index in [4.69, 9.17) is 26.2 Å². The third kappa shape index (κ3) is 2.94. The van der Waals surface area contributed by atoms with Crippen LogP contribution in [0.1, 0.15) is 12.0 Å². The van der Waals surface area contributed by atoms with E-state index in [-0.39, 0.29) is 29.4 Å². The molecule has 6 heteroatoms. The van der Waals surface area contributed by atoms with Crippen molar-refractivity contribution in [3.8, 4) is 17.2 Å². The van der Waals surface area contributed by atoms with E-state index in [1.807, 2.05) is 0 Å². The number of phenolic OH excluding ortho intramolecular Hbond substituents is 1. The van der Waals surface area contributed by atoms with E-state index in [1.165, 1.54) is 20.3 Å². The van der Waals surface area contributed by atoms with Crippen LogP contribution < -0.4 is 9.47 Å². The summed E-state index contributed by atoms with van der Waals surface area (Å²) >= 11 is 5.94. The SMILES string of the molecule is COc1cc(Cl)c(CCC(=O)O)c(O)c1OC. The summed E-state index contributed by atoms with van der Waals surface area (Å²) in [6.07, 6.45) is 0.00309. The zero-order valence-electron chi connectivity index (χ0n) is 9.49. The first-order chi connectivity index (χ1) is 8.01. The van der Waals surface area contributed by atoms with Gasteiger partial charge < -0.3 is 19.7 Å². The van der Waals surface area contributed by atoms with Crippen LogP contribution in [0.2, 0.25) is 5.02 Å². The van der Waals surface area contributed by atoms with Gasteiger partial charge in [-0.1, -0.05) is 11.6 Å². The summed E-state index contributed by atoms with van der Waals surface area (Å²) < 4.78 is 9.98. The molecule has 5 nitrogen and oxygen atoms in total. The number of aromatic hydroxyl groups is 1. The number of halogens is 1. The van der Waals surface area contributed by atoms with Crippen molar-refractivity contribution in [2.45, 2.75) is 12.8 Å². The van der Waals surface area contributed by atoms with Crippen molar-refractivity contribution in [2.75, 3.05) is 14.2 Å². The smallest absolute Gasteiger partial charge is 0.303 e. The molecular weight excluding hydrogens is 248 g/mol. The predicted molar refractivity (Wildman–Crippen MR) is 62.2 cm³/mol. The van der Waals surface area contributed by atoms with E-state index in [2.05, 4.69) is 0 Å². The Kier molecular flexibility index (Phi) is 4.45. The lowest BCUT2D eigenvalue weighted by Gasteiger charge is -2.14. The summed E-state index contributed by atoms with van der Waals surface area (Å²) in [5, 5.41) is 18.8. The largest absolute Gasteiger partial charge is 0.504 e. The molecule has 0 aromatic heterocycles. The maximum Gasteiger partial charge on any atom is 0.303 e. The van der Waals surface area contributed by atoms with Crippen LogP contribution in [0.4, 0.5) is 0 Å². The van der Waals surface area contributed by atoms with Gasteiger partial charge in [0.05, 0.1) is 19.2 Å². The molecule has 1 aromatic rings. The molecule has 0 saturated carbocycles. The molecule has 0 fully saturated rings. The highest BCUT2D eigenvalue weighted by molar-refractivity contribution is 6.31. The van der Waals surface area contributed by atoms with E-state index < -0.39 is 5.97 Å². The fourth-order valence-electron chi connectivity index (χ4n) is 1.45. The molecule has 0 atom stereocenters. The maximum absolute atomic E-state index is 10.5. The van der Waals surface area contributed by atoms with Gasteiger partial charge in [0, 0.05) is 18.1 Å². The van der Waals surface area contributed by atoms with Crippen molar-refractivity contribution in [3.05, 3.63) is 16.7 Å². The highest BCUT2D eigenvalue weighted by atomic mass is 35.5. The molecule has 0 spiro atoms. The monoisotopic (exact) mass is 260 g/mol. The quantitative estimate of drug-likeness (QED) is 0.848. The second kappa shape index (κ2) is 5.63. The van der Waals surface area contributed by atoms with E-state index in [0.717, 1.165) is 0 Å². The summed E-state index contributed by atoms with van der Waals surface area (Å²) in [7, 11) is 2.80. The lowest BCUT2D eigenvalue weighted by atomic mass is 10.1. The average molecular weight is 261 g/mol. The van der Waals surface area contributed by atoms with Gasteiger partial charge in [-0.15, -0.1) is 0 Å². The van der Waals surface area contributed by atoms with Crippen LogP contribution in [0.5, 0.6) is 17.2 Å². The predicted octanol–water partition coefficient (Wildman–Crippen LogP) is 2.08. The summed E-state index contributed by atoms with van der Waals surface area (Å²) in [6, 6.07) is 1.48. The van der Waals surface area contributed by atoms with Crippen molar-refractivity contribution in [3.63, 3.8) is 0 Å². The molecule has 0 radical (unpaired) electrons. The number of carboxylic acid groups (broad SMARTS) is 1. The van der Waals surface area contributed by atoms with Gasteiger partial charge in [-0.2, -0.15) is 0 Å². The lowest BCUT2D eigenvalue weighted by molar-refractivity contribution is -0.136. The molecule has 1 aromatic carbocycles. The minimum absolute atomic E-state index is 0.122. The Labute approximate surface area is 104 Å². The Bertz CT molecular complexity index is 430. The van der Waals surface area contributed by atoms with Gasteiger partial charge in [-0.3, -0.25) is 4.79 Å². The molecule has 0 heterocycles.